The molecule has 1 aromatic carbocycles. The van der Waals surface area contributed by atoms with Crippen molar-refractivity contribution in [1.82, 2.24) is 25.8 Å². The normalized spacial score (nSPS) is 19.1. The van der Waals surface area contributed by atoms with E-state index in [2.05, 4.69) is 26.0 Å². The third-order valence-electron chi connectivity index (χ3n) is 8.05. The van der Waals surface area contributed by atoms with Crippen molar-refractivity contribution in [2.24, 2.45) is 16.9 Å². The van der Waals surface area contributed by atoms with Gasteiger partial charge in [-0.25, -0.2) is 4.98 Å². The molecule has 0 spiro atoms. The number of benzene rings is 1. The van der Waals surface area contributed by atoms with Gasteiger partial charge in [-0.1, -0.05) is 44.2 Å². The number of hydrazone groups is 1. The number of fused-ring (bicyclic) bond motifs is 1. The van der Waals surface area contributed by atoms with Crippen LogP contribution in [0.3, 0.4) is 0 Å². The molecule has 3 atom stereocenters. The quantitative estimate of drug-likeness (QED) is 0.0513. The van der Waals surface area contributed by atoms with Gasteiger partial charge in [0.05, 0.1) is 28.8 Å². The molecule has 12 nitrogen and oxygen atoms in total. The van der Waals surface area contributed by atoms with E-state index in [9.17, 15) is 24.3 Å². The second-order valence-electron chi connectivity index (χ2n) is 11.0. The number of carboxylic acids is 1. The van der Waals surface area contributed by atoms with Crippen LogP contribution < -0.4 is 21.8 Å². The van der Waals surface area contributed by atoms with Crippen LogP contribution in [0, 0.1) is 5.92 Å². The first kappa shape index (κ1) is 31.4. The molecule has 13 heteroatoms. The number of amides is 2. The first-order valence-electron chi connectivity index (χ1n) is 14.8. The van der Waals surface area contributed by atoms with E-state index >= 15 is 0 Å². The Balaban J connectivity index is 1.47. The van der Waals surface area contributed by atoms with E-state index in [1.165, 1.54) is 24.1 Å². The number of ketones is 1. The molecule has 0 radical (unpaired) electrons. The molecule has 0 unspecified atom stereocenters. The number of thiazole rings is 1. The molecule has 2 heterocycles. The summed E-state index contributed by atoms with van der Waals surface area (Å²) in [5.74, 6) is 3.54. The molecule has 1 saturated carbocycles. The zero-order valence-corrected chi connectivity index (χ0v) is 24.6. The highest BCUT2D eigenvalue weighted by atomic mass is 32.1. The minimum absolute atomic E-state index is 0.251. The van der Waals surface area contributed by atoms with Crippen molar-refractivity contribution in [2.45, 2.75) is 82.3 Å². The lowest BCUT2D eigenvalue weighted by atomic mass is 9.84. The van der Waals surface area contributed by atoms with Gasteiger partial charge >= 0.3 is 5.97 Å². The summed E-state index contributed by atoms with van der Waals surface area (Å²) in [5.41, 5.74) is 0.724. The summed E-state index contributed by atoms with van der Waals surface area (Å²) in [5, 5.41) is 21.8. The minimum atomic E-state index is -1.03. The third-order valence-corrected chi connectivity index (χ3v) is 9.10. The van der Waals surface area contributed by atoms with Crippen molar-refractivity contribution in [3.63, 3.8) is 0 Å². The number of nitrogens with two attached hydrogens (primary N) is 1. The third kappa shape index (κ3) is 8.48. The lowest BCUT2D eigenvalue weighted by molar-refractivity contribution is -0.141. The van der Waals surface area contributed by atoms with Crippen molar-refractivity contribution in [2.75, 3.05) is 19.6 Å². The van der Waals surface area contributed by atoms with Crippen LogP contribution in [0.25, 0.3) is 10.2 Å². The Morgan fingerprint density at radius 3 is 2.64 bits per heavy atom. The number of rotatable bonds is 15. The molecule has 4 rings (SSSR count). The number of nitrogens with one attached hydrogen (secondary N) is 3. The Hall–Kier alpha value is -3.58. The summed E-state index contributed by atoms with van der Waals surface area (Å²) in [7, 11) is 0. The van der Waals surface area contributed by atoms with Crippen LogP contribution in [0.15, 0.2) is 29.4 Å². The molecule has 0 bridgehead atoms. The van der Waals surface area contributed by atoms with Crippen LogP contribution in [-0.4, -0.2) is 82.7 Å². The SMILES string of the molecule is NN=CNCCC[C@H](NC(=O)[C@@H]1CCCN1C(=O)[C@@H](CC1CCCCC1)NCC(=O)O)C(=O)c1nc2ccccc2s1. The Kier molecular flexibility index (Phi) is 11.6. The molecule has 1 aromatic heterocycles. The largest absolute Gasteiger partial charge is 0.480 e. The van der Waals surface area contributed by atoms with E-state index in [0.29, 0.717) is 56.1 Å². The van der Waals surface area contributed by atoms with Crippen molar-refractivity contribution >= 4 is 51.5 Å². The average Bonchev–Trinajstić information content (AvgIpc) is 3.66. The molecule has 1 aliphatic carbocycles. The van der Waals surface area contributed by atoms with E-state index in [1.54, 1.807) is 4.90 Å². The van der Waals surface area contributed by atoms with Crippen LogP contribution in [-0.2, 0) is 14.4 Å². The Labute approximate surface area is 249 Å². The second-order valence-corrected chi connectivity index (χ2v) is 12.1. The van der Waals surface area contributed by atoms with Crippen LogP contribution in [0.1, 0.15) is 74.0 Å². The number of carbonyl (C=O) groups excluding carboxylic acids is 3. The number of nitrogens with zero attached hydrogens (tertiary/aromatic N) is 3. The topological polar surface area (TPSA) is 179 Å². The maximum atomic E-state index is 13.7. The molecular weight excluding hydrogens is 558 g/mol. The monoisotopic (exact) mass is 599 g/mol. The van der Waals surface area contributed by atoms with Gasteiger partial charge in [0.1, 0.15) is 12.4 Å². The first-order chi connectivity index (χ1) is 20.4. The van der Waals surface area contributed by atoms with Crippen LogP contribution in [0.2, 0.25) is 0 Å². The fourth-order valence-electron chi connectivity index (χ4n) is 5.93. The van der Waals surface area contributed by atoms with Gasteiger partial charge in [0.15, 0.2) is 5.01 Å². The highest BCUT2D eigenvalue weighted by Crippen LogP contribution is 2.29. The summed E-state index contributed by atoms with van der Waals surface area (Å²) in [4.78, 5) is 58.4. The number of Topliss-reactive ketones (excluding diaryl/α,β-unsaturated/α-hetero) is 1. The number of aliphatic carboxylic acids is 1. The van der Waals surface area contributed by atoms with E-state index in [1.807, 2.05) is 24.3 Å². The van der Waals surface area contributed by atoms with Gasteiger partial charge in [0.25, 0.3) is 0 Å². The number of aromatic nitrogens is 1. The smallest absolute Gasteiger partial charge is 0.317 e. The molecule has 2 fully saturated rings. The molecular formula is C29H41N7O5S. The van der Waals surface area contributed by atoms with Gasteiger partial charge in [0.2, 0.25) is 17.6 Å². The summed E-state index contributed by atoms with van der Waals surface area (Å²) in [6.45, 7) is 0.591. The number of carbonyl (C=O) groups is 4. The molecule has 1 aliphatic heterocycles. The fourth-order valence-corrected chi connectivity index (χ4v) is 6.89. The lowest BCUT2D eigenvalue weighted by Gasteiger charge is -2.32. The van der Waals surface area contributed by atoms with Crippen LogP contribution >= 0.6 is 11.3 Å². The minimum Gasteiger partial charge on any atom is -0.480 e. The second kappa shape index (κ2) is 15.6. The van der Waals surface area contributed by atoms with Gasteiger partial charge in [-0.05, 0) is 50.2 Å². The first-order valence-corrected chi connectivity index (χ1v) is 15.6. The number of para-hydroxylation sites is 1. The van der Waals surface area contributed by atoms with Gasteiger partial charge in [-0.3, -0.25) is 24.5 Å². The zero-order valence-electron chi connectivity index (χ0n) is 23.8. The van der Waals surface area contributed by atoms with Gasteiger partial charge in [-0.2, -0.15) is 5.10 Å². The van der Waals surface area contributed by atoms with Crippen LogP contribution in [0.4, 0.5) is 0 Å². The predicted molar refractivity (Wildman–Crippen MR) is 161 cm³/mol. The maximum absolute atomic E-state index is 13.7. The molecule has 42 heavy (non-hydrogen) atoms. The number of likely N-dealkylation sites (tertiary alicyclic amines) is 1. The number of hydrogen-bond donors (Lipinski definition) is 5. The Bertz CT molecular complexity index is 1230. The van der Waals surface area contributed by atoms with Crippen molar-refractivity contribution in [3.8, 4) is 0 Å². The maximum Gasteiger partial charge on any atom is 0.317 e. The van der Waals surface area contributed by atoms with Crippen molar-refractivity contribution < 1.29 is 24.3 Å². The van der Waals surface area contributed by atoms with Crippen LogP contribution in [0.5, 0.6) is 0 Å². The summed E-state index contributed by atoms with van der Waals surface area (Å²) in [6.07, 6.45) is 9.40. The van der Waals surface area contributed by atoms with E-state index < -0.39 is 24.1 Å². The number of carboxylic acid groups (broad SMARTS) is 1. The van der Waals surface area contributed by atoms with Crippen molar-refractivity contribution in [1.29, 1.82) is 0 Å². The molecule has 228 valence electrons. The van der Waals surface area contributed by atoms with E-state index in [-0.39, 0.29) is 24.1 Å². The predicted octanol–water partition coefficient (Wildman–Crippen LogP) is 2.24. The number of hydrogen-bond acceptors (Lipinski definition) is 9. The highest BCUT2D eigenvalue weighted by molar-refractivity contribution is 7.20. The fraction of sp³-hybridized carbons (Fsp3) is 0.586. The molecule has 2 amide bonds. The molecule has 2 aromatic rings. The highest BCUT2D eigenvalue weighted by Gasteiger charge is 2.39. The van der Waals surface area contributed by atoms with E-state index in [4.69, 9.17) is 5.84 Å². The standard InChI is InChI=1S/C29H41N7O5S/c30-33-18-31-14-6-11-21(26(39)28-35-20-10-4-5-13-24(20)42-28)34-27(40)23-12-7-15-36(23)29(41)22(32-17-25(37)38)16-19-8-2-1-3-9-19/h4-5,10,13,18-19,21-23,32H,1-3,6-9,11-12,14-17,30H2,(H,31,33)(H,34,40)(H,37,38)/t21-,22+,23-/m0/s1. The summed E-state index contributed by atoms with van der Waals surface area (Å²) in [6, 6.07) is 5.26. The summed E-state index contributed by atoms with van der Waals surface area (Å²) >= 11 is 1.29. The van der Waals surface area contributed by atoms with Gasteiger partial charge in [-0.15, -0.1) is 11.3 Å². The average molecular weight is 600 g/mol. The molecule has 2 aliphatic rings. The van der Waals surface area contributed by atoms with Gasteiger partial charge in [0, 0.05) is 13.1 Å². The molecule has 1 saturated heterocycles. The van der Waals surface area contributed by atoms with E-state index in [0.717, 1.165) is 35.9 Å². The van der Waals surface area contributed by atoms with Crippen molar-refractivity contribution in [3.05, 3.63) is 29.3 Å². The summed E-state index contributed by atoms with van der Waals surface area (Å²) < 4.78 is 0.886. The lowest BCUT2D eigenvalue weighted by Crippen LogP contribution is -2.55. The van der Waals surface area contributed by atoms with Gasteiger partial charge < -0.3 is 26.5 Å². The molecule has 6 N–H and O–H groups in total. The Morgan fingerprint density at radius 2 is 1.90 bits per heavy atom. The zero-order chi connectivity index (χ0) is 29.9. The Morgan fingerprint density at radius 1 is 1.12 bits per heavy atom.